The number of carboxylic acids is 1. The zero-order valence-electron chi connectivity index (χ0n) is 11.1. The van der Waals surface area contributed by atoms with Crippen molar-refractivity contribution >= 4 is 22.8 Å². The zero-order valence-corrected chi connectivity index (χ0v) is 11.1. The topological polar surface area (TPSA) is 117 Å². The van der Waals surface area contributed by atoms with E-state index in [1.54, 1.807) is 24.3 Å². The van der Waals surface area contributed by atoms with E-state index in [2.05, 4.69) is 15.6 Å². The SMILES string of the molecule is O=C([O-])CNC(=O)CCCn1nnc2ccccc2c1=O. The quantitative estimate of drug-likeness (QED) is 0.687. The van der Waals surface area contributed by atoms with Gasteiger partial charge in [0, 0.05) is 13.0 Å². The fourth-order valence-corrected chi connectivity index (χ4v) is 1.82. The van der Waals surface area contributed by atoms with Crippen LogP contribution in [0.25, 0.3) is 10.9 Å². The van der Waals surface area contributed by atoms with Crippen molar-refractivity contribution in [3.05, 3.63) is 34.6 Å². The predicted octanol–water partition coefficient (Wildman–Crippen LogP) is -1.56. The molecule has 0 aliphatic carbocycles. The second-order valence-corrected chi connectivity index (χ2v) is 4.39. The summed E-state index contributed by atoms with van der Waals surface area (Å²) in [6.45, 7) is -0.288. The number of aromatic nitrogens is 3. The van der Waals surface area contributed by atoms with E-state index in [1.807, 2.05) is 0 Å². The molecule has 0 saturated carbocycles. The predicted molar refractivity (Wildman–Crippen MR) is 71.0 cm³/mol. The third-order valence-electron chi connectivity index (χ3n) is 2.83. The molecule has 0 aliphatic rings. The summed E-state index contributed by atoms with van der Waals surface area (Å²) in [7, 11) is 0. The van der Waals surface area contributed by atoms with Crippen LogP contribution in [0, 0.1) is 0 Å². The Morgan fingerprint density at radius 3 is 2.81 bits per heavy atom. The minimum atomic E-state index is -1.35. The maximum Gasteiger partial charge on any atom is 0.277 e. The van der Waals surface area contributed by atoms with Crippen LogP contribution in [-0.4, -0.2) is 33.4 Å². The van der Waals surface area contributed by atoms with Crippen molar-refractivity contribution < 1.29 is 14.7 Å². The van der Waals surface area contributed by atoms with Crippen LogP contribution in [0.2, 0.25) is 0 Å². The molecule has 0 atom stereocenters. The number of amides is 1. The van der Waals surface area contributed by atoms with Gasteiger partial charge in [0.1, 0.15) is 5.52 Å². The van der Waals surface area contributed by atoms with Crippen molar-refractivity contribution in [1.82, 2.24) is 20.3 Å². The Kier molecular flexibility index (Phi) is 4.60. The van der Waals surface area contributed by atoms with Crippen LogP contribution in [-0.2, 0) is 16.1 Å². The summed E-state index contributed by atoms with van der Waals surface area (Å²) in [6, 6.07) is 6.86. The van der Waals surface area contributed by atoms with Crippen molar-refractivity contribution in [2.75, 3.05) is 6.54 Å². The lowest BCUT2D eigenvalue weighted by molar-refractivity contribution is -0.304. The number of nitrogens with one attached hydrogen (secondary N) is 1. The van der Waals surface area contributed by atoms with Crippen LogP contribution in [0.1, 0.15) is 12.8 Å². The lowest BCUT2D eigenvalue weighted by Crippen LogP contribution is -2.37. The number of hydrogen-bond acceptors (Lipinski definition) is 6. The first-order valence-electron chi connectivity index (χ1n) is 6.37. The van der Waals surface area contributed by atoms with E-state index < -0.39 is 18.4 Å². The third kappa shape index (κ3) is 3.85. The van der Waals surface area contributed by atoms with Crippen molar-refractivity contribution in [3.8, 4) is 0 Å². The molecule has 1 amide bonds. The average molecular weight is 289 g/mol. The molecule has 110 valence electrons. The van der Waals surface area contributed by atoms with E-state index in [4.69, 9.17) is 0 Å². The Hall–Kier alpha value is -2.77. The number of rotatable bonds is 6. The zero-order chi connectivity index (χ0) is 15.2. The number of carboxylic acid groups (broad SMARTS) is 1. The molecule has 1 heterocycles. The Bertz CT molecular complexity index is 725. The van der Waals surface area contributed by atoms with Gasteiger partial charge in [0.05, 0.1) is 17.9 Å². The summed E-state index contributed by atoms with van der Waals surface area (Å²) in [6.07, 6.45) is 0.444. The molecule has 2 aromatic rings. The van der Waals surface area contributed by atoms with E-state index in [0.717, 1.165) is 0 Å². The second kappa shape index (κ2) is 6.60. The highest BCUT2D eigenvalue weighted by Crippen LogP contribution is 2.03. The van der Waals surface area contributed by atoms with Crippen LogP contribution in [0.3, 0.4) is 0 Å². The number of carbonyl (C=O) groups excluding carboxylic acids is 2. The Morgan fingerprint density at radius 1 is 1.29 bits per heavy atom. The summed E-state index contributed by atoms with van der Waals surface area (Å²) in [5.74, 6) is -1.76. The Morgan fingerprint density at radius 2 is 2.05 bits per heavy atom. The summed E-state index contributed by atoms with van der Waals surface area (Å²) in [5.41, 5.74) is 0.251. The number of hydrogen-bond donors (Lipinski definition) is 1. The molecule has 2 rings (SSSR count). The van der Waals surface area contributed by atoms with Gasteiger partial charge in [-0.05, 0) is 18.6 Å². The lowest BCUT2D eigenvalue weighted by Gasteiger charge is -2.06. The second-order valence-electron chi connectivity index (χ2n) is 4.39. The first-order valence-corrected chi connectivity index (χ1v) is 6.37. The number of nitrogens with zero attached hydrogens (tertiary/aromatic N) is 3. The lowest BCUT2D eigenvalue weighted by atomic mass is 10.2. The fraction of sp³-hybridized carbons (Fsp3) is 0.308. The van der Waals surface area contributed by atoms with Crippen LogP contribution in [0.15, 0.2) is 29.1 Å². The van der Waals surface area contributed by atoms with Gasteiger partial charge in [-0.25, -0.2) is 4.68 Å². The summed E-state index contributed by atoms with van der Waals surface area (Å²) >= 11 is 0. The minimum absolute atomic E-state index is 0.0915. The van der Waals surface area contributed by atoms with E-state index in [1.165, 1.54) is 4.68 Å². The van der Waals surface area contributed by atoms with Crippen molar-refractivity contribution in [1.29, 1.82) is 0 Å². The molecule has 0 unspecified atom stereocenters. The molecule has 1 aromatic carbocycles. The van der Waals surface area contributed by atoms with Crippen LogP contribution in [0.4, 0.5) is 0 Å². The number of carbonyl (C=O) groups is 2. The normalized spacial score (nSPS) is 10.5. The number of fused-ring (bicyclic) bond motifs is 1. The van der Waals surface area contributed by atoms with Crippen LogP contribution >= 0.6 is 0 Å². The van der Waals surface area contributed by atoms with Gasteiger partial charge in [0.15, 0.2) is 0 Å². The number of aliphatic carboxylic acids is 1. The summed E-state index contributed by atoms with van der Waals surface area (Å²) in [4.78, 5) is 33.6. The van der Waals surface area contributed by atoms with Crippen molar-refractivity contribution in [3.63, 3.8) is 0 Å². The monoisotopic (exact) mass is 289 g/mol. The standard InChI is InChI=1S/C13H14N4O4/c18-11(14-8-12(19)20)6-3-7-17-13(21)9-4-1-2-5-10(9)15-16-17/h1-2,4-5H,3,6-8H2,(H,14,18)(H,19,20)/p-1. The van der Waals surface area contributed by atoms with Crippen LogP contribution < -0.4 is 16.0 Å². The first kappa shape index (κ1) is 14.6. The molecule has 8 heteroatoms. The largest absolute Gasteiger partial charge is 0.548 e. The van der Waals surface area contributed by atoms with Crippen molar-refractivity contribution in [2.24, 2.45) is 0 Å². The highest BCUT2D eigenvalue weighted by Gasteiger charge is 2.06. The third-order valence-corrected chi connectivity index (χ3v) is 2.83. The molecule has 1 aromatic heterocycles. The Balaban J connectivity index is 1.95. The van der Waals surface area contributed by atoms with Gasteiger partial charge >= 0.3 is 0 Å². The fourth-order valence-electron chi connectivity index (χ4n) is 1.82. The van der Waals surface area contributed by atoms with Gasteiger partial charge < -0.3 is 15.2 Å². The number of benzene rings is 1. The van der Waals surface area contributed by atoms with E-state index >= 15 is 0 Å². The van der Waals surface area contributed by atoms with Gasteiger partial charge in [-0.2, -0.15) is 0 Å². The molecule has 0 radical (unpaired) electrons. The van der Waals surface area contributed by atoms with E-state index in [0.29, 0.717) is 17.3 Å². The molecule has 8 nitrogen and oxygen atoms in total. The first-order chi connectivity index (χ1) is 10.1. The van der Waals surface area contributed by atoms with Gasteiger partial charge in [-0.1, -0.05) is 17.3 Å². The maximum absolute atomic E-state index is 12.1. The molecular weight excluding hydrogens is 276 g/mol. The Labute approximate surface area is 119 Å². The molecule has 0 bridgehead atoms. The van der Waals surface area contributed by atoms with Gasteiger partial charge in [0.25, 0.3) is 5.56 Å². The number of aryl methyl sites for hydroxylation is 1. The molecule has 1 N–H and O–H groups in total. The molecule has 0 aliphatic heterocycles. The molecule has 0 spiro atoms. The van der Waals surface area contributed by atoms with E-state index in [9.17, 15) is 19.5 Å². The van der Waals surface area contributed by atoms with E-state index in [-0.39, 0.29) is 18.5 Å². The van der Waals surface area contributed by atoms with Gasteiger partial charge in [-0.15, -0.1) is 5.10 Å². The summed E-state index contributed by atoms with van der Waals surface area (Å²) in [5, 5.41) is 20.6. The van der Waals surface area contributed by atoms with Gasteiger partial charge in [0.2, 0.25) is 5.91 Å². The van der Waals surface area contributed by atoms with Crippen LogP contribution in [0.5, 0.6) is 0 Å². The molecule has 21 heavy (non-hydrogen) atoms. The van der Waals surface area contributed by atoms with Crippen molar-refractivity contribution in [2.45, 2.75) is 19.4 Å². The molecular formula is C13H13N4O4-. The average Bonchev–Trinajstić information content (AvgIpc) is 2.48. The highest BCUT2D eigenvalue weighted by molar-refractivity contribution is 5.80. The smallest absolute Gasteiger partial charge is 0.277 e. The minimum Gasteiger partial charge on any atom is -0.548 e. The summed E-state index contributed by atoms with van der Waals surface area (Å²) < 4.78 is 1.19. The molecule has 0 fully saturated rings. The highest BCUT2D eigenvalue weighted by atomic mass is 16.4. The maximum atomic E-state index is 12.1. The van der Waals surface area contributed by atoms with Gasteiger partial charge in [-0.3, -0.25) is 9.59 Å². The molecule has 0 saturated heterocycles.